The van der Waals surface area contributed by atoms with Crippen molar-refractivity contribution in [1.82, 2.24) is 4.90 Å². The average Bonchev–Trinajstić information content (AvgIpc) is 3.10. The Balaban J connectivity index is 2.33. The fourth-order valence-electron chi connectivity index (χ4n) is 7.99. The van der Waals surface area contributed by atoms with Crippen molar-refractivity contribution < 1.29 is 23.8 Å². The van der Waals surface area contributed by atoms with E-state index in [4.69, 9.17) is 14.0 Å². The molecule has 2 N–H and O–H groups in total. The quantitative estimate of drug-likeness (QED) is 0.0469. The first-order valence-corrected chi connectivity index (χ1v) is 19.9. The standard InChI is InChI=1S/C41H61N2O5P/c1-8-9-10-11-12-13-14-15-25-32-48-49(44,45)41(46-6,47-7)39(33-42,43(34(2)3)35(4)5)40(36-26-19-16-20-27-36,37-28-21-17-22-29-37)38-30-23-18-24-31-38/h16-24,26-31,34-35,44-45,49H,8-15,25,32H2,1-7H3. The van der Waals surface area contributed by atoms with Crippen LogP contribution in [0.4, 0.5) is 0 Å². The number of benzene rings is 3. The van der Waals surface area contributed by atoms with Crippen molar-refractivity contribution in [3.8, 4) is 6.07 Å². The molecular formula is C41H61N2O5P. The topological polar surface area (TPSA) is 95.2 Å². The van der Waals surface area contributed by atoms with Crippen molar-refractivity contribution in [2.75, 3.05) is 20.8 Å². The van der Waals surface area contributed by atoms with Gasteiger partial charge in [0, 0.05) is 0 Å². The molecule has 0 bridgehead atoms. The van der Waals surface area contributed by atoms with E-state index in [1.54, 1.807) is 0 Å². The number of hydrogen-bond donors (Lipinski definition) is 2. The number of hydrogen-bond acceptors (Lipinski definition) is 7. The van der Waals surface area contributed by atoms with E-state index < -0.39 is 24.4 Å². The third kappa shape index (κ3) is 8.13. The molecule has 7 nitrogen and oxygen atoms in total. The summed E-state index contributed by atoms with van der Waals surface area (Å²) in [6, 6.07) is 31.6. The maximum atomic E-state index is 12.5. The Bertz CT molecular complexity index is 1290. The number of rotatable bonds is 22. The number of ether oxygens (including phenoxy) is 2. The average molecular weight is 693 g/mol. The van der Waals surface area contributed by atoms with Crippen LogP contribution in [-0.4, -0.2) is 58.7 Å². The molecule has 0 aliphatic heterocycles. The van der Waals surface area contributed by atoms with Crippen LogP contribution in [-0.2, 0) is 19.4 Å². The van der Waals surface area contributed by atoms with Crippen LogP contribution < -0.4 is 0 Å². The van der Waals surface area contributed by atoms with Crippen molar-refractivity contribution in [3.63, 3.8) is 0 Å². The van der Waals surface area contributed by atoms with Gasteiger partial charge in [0.05, 0.1) is 0 Å². The summed E-state index contributed by atoms with van der Waals surface area (Å²) < 4.78 is 18.9. The summed E-state index contributed by atoms with van der Waals surface area (Å²) in [7, 11) is -2.33. The fourth-order valence-corrected chi connectivity index (χ4v) is 9.98. The van der Waals surface area contributed by atoms with Crippen LogP contribution >= 0.6 is 7.94 Å². The summed E-state index contributed by atoms with van der Waals surface area (Å²) in [6.45, 7) is 10.4. The predicted molar refractivity (Wildman–Crippen MR) is 202 cm³/mol. The molecule has 270 valence electrons. The van der Waals surface area contributed by atoms with Crippen LogP contribution in [0.3, 0.4) is 0 Å². The van der Waals surface area contributed by atoms with Crippen LogP contribution in [0, 0.1) is 11.3 Å². The van der Waals surface area contributed by atoms with Gasteiger partial charge in [-0.05, 0) is 0 Å². The van der Waals surface area contributed by atoms with E-state index in [1.807, 2.05) is 124 Å². The summed E-state index contributed by atoms with van der Waals surface area (Å²) in [4.78, 5) is 27.0. The van der Waals surface area contributed by atoms with Gasteiger partial charge in [-0.1, -0.05) is 0 Å². The molecule has 0 saturated carbocycles. The van der Waals surface area contributed by atoms with Crippen LogP contribution in [0.25, 0.3) is 0 Å². The molecule has 0 fully saturated rings. The third-order valence-corrected chi connectivity index (χ3v) is 12.1. The van der Waals surface area contributed by atoms with Crippen LogP contribution in [0.15, 0.2) is 91.0 Å². The van der Waals surface area contributed by atoms with Crippen molar-refractivity contribution in [3.05, 3.63) is 108 Å². The summed E-state index contributed by atoms with van der Waals surface area (Å²) >= 11 is 0. The second-order valence-electron chi connectivity index (χ2n) is 13.6. The van der Waals surface area contributed by atoms with E-state index in [9.17, 15) is 15.0 Å². The molecule has 0 aliphatic carbocycles. The number of nitriles is 1. The van der Waals surface area contributed by atoms with Crippen molar-refractivity contribution in [2.45, 2.75) is 121 Å². The zero-order valence-corrected chi connectivity index (χ0v) is 31.9. The summed E-state index contributed by atoms with van der Waals surface area (Å²) in [6.07, 6.45) is 10.0. The molecule has 8 heteroatoms. The minimum absolute atomic E-state index is 0.101. The van der Waals surface area contributed by atoms with Crippen LogP contribution in [0.5, 0.6) is 0 Å². The first-order valence-electron chi connectivity index (χ1n) is 18.1. The third-order valence-electron chi connectivity index (χ3n) is 9.86. The molecule has 0 spiro atoms. The molecule has 49 heavy (non-hydrogen) atoms. The monoisotopic (exact) mass is 692 g/mol. The van der Waals surface area contributed by atoms with E-state index in [-0.39, 0.29) is 18.7 Å². The van der Waals surface area contributed by atoms with Gasteiger partial charge in [0.25, 0.3) is 0 Å². The van der Waals surface area contributed by atoms with Crippen molar-refractivity contribution in [1.29, 1.82) is 5.26 Å². The van der Waals surface area contributed by atoms with Gasteiger partial charge in [0.15, 0.2) is 0 Å². The number of unbranched alkanes of at least 4 members (excludes halogenated alkanes) is 8. The Hall–Kier alpha value is -2.66. The van der Waals surface area contributed by atoms with E-state index in [0.29, 0.717) is 6.42 Å². The van der Waals surface area contributed by atoms with E-state index >= 15 is 0 Å². The molecule has 0 amide bonds. The van der Waals surface area contributed by atoms with Gasteiger partial charge < -0.3 is 0 Å². The van der Waals surface area contributed by atoms with Gasteiger partial charge in [-0.2, -0.15) is 0 Å². The molecule has 3 aromatic rings. The SMILES string of the molecule is CCCCCCCCCCCO[PH](O)(O)C(OC)(OC)C(C#N)(N(C(C)C)C(C)C)C(c1ccccc1)(c1ccccc1)c1ccccc1. The maximum absolute atomic E-state index is 12.5. The summed E-state index contributed by atoms with van der Waals surface area (Å²) in [5, 5.41) is 12.1. The Labute approximate surface area is 296 Å². The molecule has 0 heterocycles. The molecule has 0 radical (unpaired) electrons. The second-order valence-corrected chi connectivity index (χ2v) is 15.7. The van der Waals surface area contributed by atoms with Crippen molar-refractivity contribution >= 4 is 7.94 Å². The molecule has 0 aromatic heterocycles. The van der Waals surface area contributed by atoms with Gasteiger partial charge >= 0.3 is 297 Å². The zero-order valence-electron chi connectivity index (χ0n) is 30.9. The number of nitrogens with zero attached hydrogens (tertiary/aromatic N) is 2. The first kappa shape index (κ1) is 40.8. The molecular weight excluding hydrogens is 631 g/mol. The summed E-state index contributed by atoms with van der Waals surface area (Å²) in [5.41, 5.74) is -3.39. The van der Waals surface area contributed by atoms with Gasteiger partial charge in [0.1, 0.15) is 0 Å². The van der Waals surface area contributed by atoms with Gasteiger partial charge in [-0.25, -0.2) is 0 Å². The van der Waals surface area contributed by atoms with Crippen molar-refractivity contribution in [2.24, 2.45) is 0 Å². The molecule has 0 saturated heterocycles. The van der Waals surface area contributed by atoms with Gasteiger partial charge in [-0.3, -0.25) is 0 Å². The Kier molecular flexibility index (Phi) is 15.9. The zero-order chi connectivity index (χ0) is 36.0. The molecule has 1 unspecified atom stereocenters. The van der Waals surface area contributed by atoms with E-state index in [0.717, 1.165) is 36.0 Å². The Morgan fingerprint density at radius 2 is 1.02 bits per heavy atom. The van der Waals surface area contributed by atoms with Crippen LogP contribution in [0.1, 0.15) is 109 Å². The molecule has 0 aliphatic rings. The molecule has 3 rings (SSSR count). The second kappa shape index (κ2) is 19.1. The van der Waals surface area contributed by atoms with E-state index in [1.165, 1.54) is 46.3 Å². The molecule has 3 aromatic carbocycles. The van der Waals surface area contributed by atoms with E-state index in [2.05, 4.69) is 13.0 Å². The minimum atomic E-state index is -5.10. The fraction of sp³-hybridized carbons (Fsp3) is 0.537. The first-order chi connectivity index (χ1) is 23.6. The summed E-state index contributed by atoms with van der Waals surface area (Å²) in [5.74, 6) is 0. The Morgan fingerprint density at radius 3 is 1.35 bits per heavy atom. The van der Waals surface area contributed by atoms with Gasteiger partial charge in [0.2, 0.25) is 0 Å². The predicted octanol–water partition coefficient (Wildman–Crippen LogP) is 9.38. The number of methoxy groups -OCH3 is 2. The van der Waals surface area contributed by atoms with Gasteiger partial charge in [-0.15, -0.1) is 0 Å². The normalized spacial score (nSPS) is 14.3. The Morgan fingerprint density at radius 1 is 0.653 bits per heavy atom. The molecule has 1 atom stereocenters. The van der Waals surface area contributed by atoms with Crippen LogP contribution in [0.2, 0.25) is 0 Å².